The van der Waals surface area contributed by atoms with Crippen molar-refractivity contribution in [3.05, 3.63) is 33.7 Å². The number of nitrogens with zero attached hydrogens (tertiary/aromatic N) is 1. The maximum absolute atomic E-state index is 12.5. The molecule has 2 rings (SSSR count). The van der Waals surface area contributed by atoms with E-state index >= 15 is 0 Å². The lowest BCUT2D eigenvalue weighted by molar-refractivity contribution is 0.0573. The van der Waals surface area contributed by atoms with Gasteiger partial charge < -0.3 is 15.0 Å². The molecule has 1 fully saturated rings. The molecule has 0 spiro atoms. The van der Waals surface area contributed by atoms with Crippen LogP contribution < -0.4 is 5.56 Å². The maximum Gasteiger partial charge on any atom is 0.255 e. The fourth-order valence-corrected chi connectivity index (χ4v) is 2.68. The molecular formula is C14H20N2O3. The normalized spacial score (nSPS) is 19.5. The summed E-state index contributed by atoms with van der Waals surface area (Å²) in [7, 11) is 0. The highest BCUT2D eigenvalue weighted by atomic mass is 16.3. The van der Waals surface area contributed by atoms with Gasteiger partial charge in [-0.2, -0.15) is 0 Å². The zero-order chi connectivity index (χ0) is 13.8. The summed E-state index contributed by atoms with van der Waals surface area (Å²) in [5.41, 5.74) is 0.954. The van der Waals surface area contributed by atoms with Gasteiger partial charge in [0.1, 0.15) is 0 Å². The lowest BCUT2D eigenvalue weighted by Crippen LogP contribution is -2.44. The monoisotopic (exact) mass is 264 g/mol. The van der Waals surface area contributed by atoms with Gasteiger partial charge in [-0.3, -0.25) is 9.59 Å². The predicted octanol–water partition coefficient (Wildman–Crippen LogP) is 1.06. The van der Waals surface area contributed by atoms with Crippen LogP contribution in [-0.2, 0) is 0 Å². The van der Waals surface area contributed by atoms with Crippen molar-refractivity contribution in [1.29, 1.82) is 0 Å². The molecule has 1 aromatic rings. The summed E-state index contributed by atoms with van der Waals surface area (Å²) in [5.74, 6) is -0.0492. The number of likely N-dealkylation sites (tertiary alicyclic amines) is 1. The second kappa shape index (κ2) is 6.02. The molecule has 2 N–H and O–H groups in total. The van der Waals surface area contributed by atoms with Crippen LogP contribution in [0.4, 0.5) is 0 Å². The van der Waals surface area contributed by atoms with Crippen LogP contribution >= 0.6 is 0 Å². The van der Waals surface area contributed by atoms with E-state index in [1.165, 1.54) is 6.07 Å². The topological polar surface area (TPSA) is 73.4 Å². The minimum Gasteiger partial charge on any atom is -0.396 e. The third-order valence-electron chi connectivity index (χ3n) is 3.70. The lowest BCUT2D eigenvalue weighted by Gasteiger charge is -2.35. The number of aromatic nitrogens is 1. The molecule has 1 atom stereocenters. The molecule has 1 aromatic heterocycles. The van der Waals surface area contributed by atoms with Crippen molar-refractivity contribution in [2.75, 3.05) is 13.2 Å². The highest BCUT2D eigenvalue weighted by molar-refractivity contribution is 5.95. The summed E-state index contributed by atoms with van der Waals surface area (Å²) in [5, 5.41) is 9.09. The number of piperidine rings is 1. The Morgan fingerprint density at radius 3 is 2.95 bits per heavy atom. The number of rotatable bonds is 3. The summed E-state index contributed by atoms with van der Waals surface area (Å²) >= 11 is 0. The molecule has 0 aliphatic carbocycles. The Bertz CT molecular complexity index is 508. The van der Waals surface area contributed by atoms with Crippen LogP contribution in [0.2, 0.25) is 0 Å². The van der Waals surface area contributed by atoms with Crippen LogP contribution in [0.1, 0.15) is 41.7 Å². The summed E-state index contributed by atoms with van der Waals surface area (Å²) in [4.78, 5) is 28.2. The molecule has 104 valence electrons. The molecule has 19 heavy (non-hydrogen) atoms. The van der Waals surface area contributed by atoms with Gasteiger partial charge >= 0.3 is 0 Å². The van der Waals surface area contributed by atoms with Crippen LogP contribution in [0, 0.1) is 6.92 Å². The fourth-order valence-electron chi connectivity index (χ4n) is 2.68. The summed E-state index contributed by atoms with van der Waals surface area (Å²) in [6.07, 6.45) is 3.65. The molecule has 1 saturated heterocycles. The van der Waals surface area contributed by atoms with Crippen LogP contribution in [0.15, 0.2) is 16.9 Å². The number of hydrogen-bond acceptors (Lipinski definition) is 3. The summed E-state index contributed by atoms with van der Waals surface area (Å²) in [6.45, 7) is 2.56. The lowest BCUT2D eigenvalue weighted by atomic mass is 9.98. The Hall–Kier alpha value is -1.62. The van der Waals surface area contributed by atoms with E-state index < -0.39 is 0 Å². The van der Waals surface area contributed by atoms with Gasteiger partial charge in [-0.15, -0.1) is 0 Å². The molecule has 0 aromatic carbocycles. The van der Waals surface area contributed by atoms with E-state index in [1.807, 2.05) is 4.90 Å². The average molecular weight is 264 g/mol. The van der Waals surface area contributed by atoms with E-state index in [1.54, 1.807) is 13.0 Å². The van der Waals surface area contributed by atoms with Gasteiger partial charge in [0, 0.05) is 31.0 Å². The third kappa shape index (κ3) is 3.04. The average Bonchev–Trinajstić information content (AvgIpc) is 2.39. The zero-order valence-corrected chi connectivity index (χ0v) is 11.2. The van der Waals surface area contributed by atoms with E-state index in [0.717, 1.165) is 25.8 Å². The molecule has 0 radical (unpaired) electrons. The molecule has 1 amide bonds. The van der Waals surface area contributed by atoms with Gasteiger partial charge in [-0.05, 0) is 38.7 Å². The van der Waals surface area contributed by atoms with Crippen molar-refractivity contribution >= 4 is 5.91 Å². The first kappa shape index (κ1) is 13.8. The van der Waals surface area contributed by atoms with Crippen molar-refractivity contribution in [2.24, 2.45) is 0 Å². The summed E-state index contributed by atoms with van der Waals surface area (Å²) in [6, 6.07) is 3.07. The first-order chi connectivity index (χ1) is 9.13. The van der Waals surface area contributed by atoms with Crippen LogP contribution in [0.5, 0.6) is 0 Å². The Labute approximate surface area is 112 Å². The van der Waals surface area contributed by atoms with E-state index in [2.05, 4.69) is 4.98 Å². The second-order valence-electron chi connectivity index (χ2n) is 5.02. The number of aromatic amines is 1. The number of carbonyl (C=O) groups excluding carboxylic acids is 1. The first-order valence-electron chi connectivity index (χ1n) is 6.75. The van der Waals surface area contributed by atoms with Crippen molar-refractivity contribution in [3.63, 3.8) is 0 Å². The Balaban J connectivity index is 2.23. The van der Waals surface area contributed by atoms with Crippen molar-refractivity contribution < 1.29 is 9.90 Å². The number of aliphatic hydroxyl groups is 1. The number of aliphatic hydroxyl groups excluding tert-OH is 1. The van der Waals surface area contributed by atoms with Gasteiger partial charge in [0.05, 0.1) is 5.56 Å². The smallest absolute Gasteiger partial charge is 0.255 e. The van der Waals surface area contributed by atoms with Gasteiger partial charge in [0.25, 0.3) is 5.91 Å². The number of hydrogen-bond donors (Lipinski definition) is 2. The van der Waals surface area contributed by atoms with Crippen molar-refractivity contribution in [2.45, 2.75) is 38.6 Å². The standard InChI is InChI=1S/C14H20N2O3/c1-10-12(5-6-13(18)15-10)14(19)16-8-3-2-4-11(16)7-9-17/h5-6,11,17H,2-4,7-9H2,1H3,(H,15,18). The largest absolute Gasteiger partial charge is 0.396 e. The van der Waals surface area contributed by atoms with E-state index in [-0.39, 0.29) is 24.1 Å². The molecule has 0 bridgehead atoms. The number of aryl methyl sites for hydroxylation is 1. The number of nitrogens with one attached hydrogen (secondary N) is 1. The molecule has 5 nitrogen and oxygen atoms in total. The van der Waals surface area contributed by atoms with Gasteiger partial charge in [0.2, 0.25) is 5.56 Å². The van der Waals surface area contributed by atoms with Crippen LogP contribution in [0.25, 0.3) is 0 Å². The highest BCUT2D eigenvalue weighted by Crippen LogP contribution is 2.22. The van der Waals surface area contributed by atoms with Gasteiger partial charge in [-0.25, -0.2) is 0 Å². The number of H-pyrrole nitrogens is 1. The SMILES string of the molecule is Cc1[nH]c(=O)ccc1C(=O)N1CCCCC1CCO. The maximum atomic E-state index is 12.5. The highest BCUT2D eigenvalue weighted by Gasteiger charge is 2.27. The number of pyridine rings is 1. The van der Waals surface area contributed by atoms with Gasteiger partial charge in [-0.1, -0.05) is 0 Å². The van der Waals surface area contributed by atoms with Crippen molar-refractivity contribution in [3.8, 4) is 0 Å². The molecule has 1 aliphatic heterocycles. The third-order valence-corrected chi connectivity index (χ3v) is 3.70. The fraction of sp³-hybridized carbons (Fsp3) is 0.571. The molecular weight excluding hydrogens is 244 g/mol. The minimum absolute atomic E-state index is 0.0492. The van der Waals surface area contributed by atoms with E-state index in [0.29, 0.717) is 17.7 Å². The second-order valence-corrected chi connectivity index (χ2v) is 5.02. The van der Waals surface area contributed by atoms with E-state index in [4.69, 9.17) is 5.11 Å². The van der Waals surface area contributed by atoms with Crippen molar-refractivity contribution in [1.82, 2.24) is 9.88 Å². The van der Waals surface area contributed by atoms with Crippen LogP contribution in [0.3, 0.4) is 0 Å². The van der Waals surface area contributed by atoms with Crippen LogP contribution in [-0.4, -0.2) is 40.1 Å². The predicted molar refractivity (Wildman–Crippen MR) is 72.2 cm³/mol. The van der Waals surface area contributed by atoms with Gasteiger partial charge in [0.15, 0.2) is 0 Å². The van der Waals surface area contributed by atoms with E-state index in [9.17, 15) is 9.59 Å². The first-order valence-corrected chi connectivity index (χ1v) is 6.75. The molecule has 0 saturated carbocycles. The Morgan fingerprint density at radius 1 is 1.47 bits per heavy atom. The molecule has 5 heteroatoms. The summed E-state index contributed by atoms with van der Waals surface area (Å²) < 4.78 is 0. The quantitative estimate of drug-likeness (QED) is 0.857. The molecule has 1 aliphatic rings. The minimum atomic E-state index is -0.195. The number of amides is 1. The zero-order valence-electron chi connectivity index (χ0n) is 11.2. The Morgan fingerprint density at radius 2 is 2.26 bits per heavy atom. The molecule has 1 unspecified atom stereocenters. The molecule has 2 heterocycles. The Kier molecular flexibility index (Phi) is 4.37. The number of carbonyl (C=O) groups is 1.